The van der Waals surface area contributed by atoms with Crippen LogP contribution in [0.1, 0.15) is 22.8 Å². The van der Waals surface area contributed by atoms with Crippen LogP contribution in [0, 0.1) is 6.92 Å². The van der Waals surface area contributed by atoms with Gasteiger partial charge in [0.2, 0.25) is 5.91 Å². The van der Waals surface area contributed by atoms with Gasteiger partial charge in [-0.05, 0) is 55.8 Å². The summed E-state index contributed by atoms with van der Waals surface area (Å²) in [4.78, 5) is 28.4. The number of rotatable bonds is 6. The molecule has 0 aliphatic carbocycles. The number of amides is 1. The van der Waals surface area contributed by atoms with Crippen LogP contribution < -0.4 is 10.2 Å². The molecule has 0 radical (unpaired) electrons. The third kappa shape index (κ3) is 5.03. The van der Waals surface area contributed by atoms with Crippen LogP contribution in [0.4, 0.5) is 11.4 Å². The van der Waals surface area contributed by atoms with Gasteiger partial charge in [-0.25, -0.2) is 4.79 Å². The van der Waals surface area contributed by atoms with Gasteiger partial charge in [0.15, 0.2) is 0 Å². The average Bonchev–Trinajstić information content (AvgIpc) is 2.72. The Balaban J connectivity index is 1.46. The predicted octanol–water partition coefficient (Wildman–Crippen LogP) is 2.93. The number of carbonyl (C=O) groups excluding carboxylic acids is 2. The van der Waals surface area contributed by atoms with Crippen molar-refractivity contribution < 1.29 is 14.3 Å². The Bertz CT molecular complexity index is 812. The number of ether oxygens (including phenoxy) is 1. The van der Waals surface area contributed by atoms with E-state index in [1.54, 1.807) is 31.2 Å². The topological polar surface area (TPSA) is 61.9 Å². The van der Waals surface area contributed by atoms with Crippen LogP contribution in [-0.2, 0) is 9.53 Å². The normalized spacial score (nSPS) is 13.9. The largest absolute Gasteiger partial charge is 0.462 e. The summed E-state index contributed by atoms with van der Waals surface area (Å²) in [5.41, 5.74) is 3.77. The molecule has 0 unspecified atom stereocenters. The Kier molecular flexibility index (Phi) is 6.53. The number of anilines is 2. The van der Waals surface area contributed by atoms with Crippen molar-refractivity contribution in [1.82, 2.24) is 4.90 Å². The number of aryl methyl sites for hydroxylation is 1. The highest BCUT2D eigenvalue weighted by atomic mass is 16.5. The van der Waals surface area contributed by atoms with Gasteiger partial charge in [-0.1, -0.05) is 12.1 Å². The fourth-order valence-corrected chi connectivity index (χ4v) is 3.27. The number of hydrogen-bond acceptors (Lipinski definition) is 5. The summed E-state index contributed by atoms with van der Waals surface area (Å²) in [6, 6.07) is 15.4. The van der Waals surface area contributed by atoms with Gasteiger partial charge in [0.25, 0.3) is 0 Å². The van der Waals surface area contributed by atoms with Crippen LogP contribution in [0.2, 0.25) is 0 Å². The van der Waals surface area contributed by atoms with Gasteiger partial charge in [-0.15, -0.1) is 0 Å². The first-order chi connectivity index (χ1) is 13.6. The summed E-state index contributed by atoms with van der Waals surface area (Å²) in [5.74, 6) is -0.255. The van der Waals surface area contributed by atoms with Gasteiger partial charge in [-0.2, -0.15) is 0 Å². The van der Waals surface area contributed by atoms with Crippen LogP contribution in [-0.4, -0.2) is 56.1 Å². The minimum Gasteiger partial charge on any atom is -0.462 e. The van der Waals surface area contributed by atoms with E-state index in [1.165, 1.54) is 11.3 Å². The third-order valence-electron chi connectivity index (χ3n) is 4.84. The molecule has 148 valence electrons. The maximum Gasteiger partial charge on any atom is 0.338 e. The van der Waals surface area contributed by atoms with Gasteiger partial charge >= 0.3 is 5.97 Å². The molecule has 1 fully saturated rings. The summed E-state index contributed by atoms with van der Waals surface area (Å²) >= 11 is 0. The summed E-state index contributed by atoms with van der Waals surface area (Å²) < 4.78 is 4.97. The van der Waals surface area contributed by atoms with Gasteiger partial charge in [0.1, 0.15) is 0 Å². The van der Waals surface area contributed by atoms with Crippen molar-refractivity contribution in [3.05, 3.63) is 59.7 Å². The highest BCUT2D eigenvalue weighted by molar-refractivity contribution is 5.90. The second-order valence-electron chi connectivity index (χ2n) is 6.86. The van der Waals surface area contributed by atoms with Crippen LogP contribution in [0.5, 0.6) is 0 Å². The first kappa shape index (κ1) is 19.7. The van der Waals surface area contributed by atoms with E-state index in [0.717, 1.165) is 31.9 Å². The lowest BCUT2D eigenvalue weighted by atomic mass is 10.2. The standard InChI is InChI=1S/C22H27N3O3/c1-3-28-22(27)18-7-9-19(10-8-18)23-16-21(26)25-13-11-24(12-14-25)20-6-4-5-17(2)15-20/h4-10,15,23H,3,11-14,16H2,1-2H3. The number of nitrogens with one attached hydrogen (secondary N) is 1. The van der Waals surface area contributed by atoms with Crippen molar-refractivity contribution in [2.45, 2.75) is 13.8 Å². The van der Waals surface area contributed by atoms with Crippen LogP contribution in [0.15, 0.2) is 48.5 Å². The zero-order valence-electron chi connectivity index (χ0n) is 16.5. The molecule has 1 aliphatic rings. The van der Waals surface area contributed by atoms with Crippen molar-refractivity contribution in [2.75, 3.05) is 49.5 Å². The minimum atomic E-state index is -0.336. The molecule has 2 aromatic rings. The molecule has 1 saturated heterocycles. The van der Waals surface area contributed by atoms with Crippen LogP contribution in [0.25, 0.3) is 0 Å². The highest BCUT2D eigenvalue weighted by Crippen LogP contribution is 2.18. The molecule has 1 heterocycles. The zero-order valence-corrected chi connectivity index (χ0v) is 16.5. The first-order valence-electron chi connectivity index (χ1n) is 9.67. The Labute approximate surface area is 166 Å². The van der Waals surface area contributed by atoms with E-state index < -0.39 is 0 Å². The molecule has 0 spiro atoms. The van der Waals surface area contributed by atoms with Gasteiger partial charge < -0.3 is 19.9 Å². The highest BCUT2D eigenvalue weighted by Gasteiger charge is 2.21. The molecule has 3 rings (SSSR count). The quantitative estimate of drug-likeness (QED) is 0.780. The van der Waals surface area contributed by atoms with Crippen molar-refractivity contribution >= 4 is 23.3 Å². The fraction of sp³-hybridized carbons (Fsp3) is 0.364. The minimum absolute atomic E-state index is 0.0818. The van der Waals surface area contributed by atoms with Crippen LogP contribution >= 0.6 is 0 Å². The molecular formula is C22H27N3O3. The number of piperazine rings is 1. The van der Waals surface area contributed by atoms with Crippen molar-refractivity contribution in [3.8, 4) is 0 Å². The molecule has 6 nitrogen and oxygen atoms in total. The van der Waals surface area contributed by atoms with Crippen molar-refractivity contribution in [1.29, 1.82) is 0 Å². The smallest absolute Gasteiger partial charge is 0.338 e. The van der Waals surface area contributed by atoms with E-state index in [-0.39, 0.29) is 18.4 Å². The lowest BCUT2D eigenvalue weighted by Gasteiger charge is -2.36. The second kappa shape index (κ2) is 9.26. The molecule has 0 atom stereocenters. The fourth-order valence-electron chi connectivity index (χ4n) is 3.27. The Hall–Kier alpha value is -3.02. The number of nitrogens with zero attached hydrogens (tertiary/aromatic N) is 2. The zero-order chi connectivity index (χ0) is 19.9. The monoisotopic (exact) mass is 381 g/mol. The molecule has 0 bridgehead atoms. The Morgan fingerprint density at radius 2 is 1.75 bits per heavy atom. The van der Waals surface area contributed by atoms with E-state index in [2.05, 4.69) is 41.4 Å². The van der Waals surface area contributed by atoms with E-state index in [1.807, 2.05) is 4.90 Å². The number of esters is 1. The molecule has 0 aromatic heterocycles. The molecule has 1 aliphatic heterocycles. The van der Waals surface area contributed by atoms with Crippen molar-refractivity contribution in [2.24, 2.45) is 0 Å². The maximum atomic E-state index is 12.5. The molecule has 6 heteroatoms. The third-order valence-corrected chi connectivity index (χ3v) is 4.84. The SMILES string of the molecule is CCOC(=O)c1ccc(NCC(=O)N2CCN(c3cccc(C)c3)CC2)cc1. The Morgan fingerprint density at radius 1 is 1.04 bits per heavy atom. The molecule has 28 heavy (non-hydrogen) atoms. The molecule has 1 amide bonds. The second-order valence-corrected chi connectivity index (χ2v) is 6.86. The van der Waals surface area contributed by atoms with E-state index >= 15 is 0 Å². The predicted molar refractivity (Wildman–Crippen MR) is 111 cm³/mol. The average molecular weight is 381 g/mol. The lowest BCUT2D eigenvalue weighted by Crippen LogP contribution is -2.50. The van der Waals surface area contributed by atoms with E-state index in [9.17, 15) is 9.59 Å². The van der Waals surface area contributed by atoms with E-state index in [4.69, 9.17) is 4.74 Å². The Morgan fingerprint density at radius 3 is 2.39 bits per heavy atom. The summed E-state index contributed by atoms with van der Waals surface area (Å²) in [6.45, 7) is 7.57. The van der Waals surface area contributed by atoms with E-state index in [0.29, 0.717) is 12.2 Å². The van der Waals surface area contributed by atoms with Gasteiger partial charge in [0, 0.05) is 37.6 Å². The molecular weight excluding hydrogens is 354 g/mol. The molecule has 2 aromatic carbocycles. The lowest BCUT2D eigenvalue weighted by molar-refractivity contribution is -0.129. The summed E-state index contributed by atoms with van der Waals surface area (Å²) in [7, 11) is 0. The molecule has 1 N–H and O–H groups in total. The van der Waals surface area contributed by atoms with Crippen molar-refractivity contribution in [3.63, 3.8) is 0 Å². The number of carbonyl (C=O) groups is 2. The maximum absolute atomic E-state index is 12.5. The van der Waals surface area contributed by atoms with Gasteiger partial charge in [0.05, 0.1) is 18.7 Å². The van der Waals surface area contributed by atoms with Crippen LogP contribution in [0.3, 0.4) is 0 Å². The summed E-state index contributed by atoms with van der Waals surface area (Å²) in [5, 5.41) is 3.13. The number of benzene rings is 2. The van der Waals surface area contributed by atoms with Gasteiger partial charge in [-0.3, -0.25) is 4.79 Å². The molecule has 0 saturated carbocycles. The first-order valence-corrected chi connectivity index (χ1v) is 9.67. The summed E-state index contributed by atoms with van der Waals surface area (Å²) in [6.07, 6.45) is 0. The number of hydrogen-bond donors (Lipinski definition) is 1.